The van der Waals surface area contributed by atoms with E-state index >= 15 is 0 Å². The fourth-order valence-corrected chi connectivity index (χ4v) is 6.12. The van der Waals surface area contributed by atoms with Crippen molar-refractivity contribution >= 4 is 23.5 Å². The molecule has 2 rings (SSSR count). The Balaban J connectivity index is 2.13. The van der Waals surface area contributed by atoms with Crippen LogP contribution in [0.4, 0.5) is 8.78 Å². The quantitative estimate of drug-likeness (QED) is 0.842. The van der Waals surface area contributed by atoms with Crippen LogP contribution in [0.15, 0.2) is 18.2 Å². The summed E-state index contributed by atoms with van der Waals surface area (Å²) in [6.07, 6.45) is 1.82. The minimum Gasteiger partial charge on any atom is -0.313 e. The molecule has 0 bridgehead atoms. The highest BCUT2D eigenvalue weighted by molar-refractivity contribution is 8.07. The van der Waals surface area contributed by atoms with Crippen molar-refractivity contribution in [2.24, 2.45) is 0 Å². The Morgan fingerprint density at radius 1 is 1.14 bits per heavy atom. The first-order valence-corrected chi connectivity index (χ1v) is 9.65. The summed E-state index contributed by atoms with van der Waals surface area (Å²) < 4.78 is 26.8. The van der Waals surface area contributed by atoms with E-state index in [0.717, 1.165) is 30.3 Å². The number of hydrogen-bond acceptors (Lipinski definition) is 3. The standard InChI is InChI=1S/C16H23F2NS2/c1-3-15-16(21-6-5-20-15)14(19-4-2)9-11-7-12(17)10-13(18)8-11/h7-8,10,14-16,19H,3-6,9H2,1-2H3. The smallest absolute Gasteiger partial charge is 0.126 e. The van der Waals surface area contributed by atoms with E-state index in [-0.39, 0.29) is 6.04 Å². The summed E-state index contributed by atoms with van der Waals surface area (Å²) in [6, 6.07) is 4.11. The molecule has 1 aromatic carbocycles. The van der Waals surface area contributed by atoms with Crippen LogP contribution in [-0.2, 0) is 6.42 Å². The Labute approximate surface area is 134 Å². The van der Waals surface area contributed by atoms with Gasteiger partial charge in [0.2, 0.25) is 0 Å². The molecule has 1 aromatic rings. The first-order valence-electron chi connectivity index (χ1n) is 7.55. The summed E-state index contributed by atoms with van der Waals surface area (Å²) in [5.74, 6) is 1.38. The van der Waals surface area contributed by atoms with Gasteiger partial charge in [-0.05, 0) is 37.1 Å². The maximum absolute atomic E-state index is 13.4. The van der Waals surface area contributed by atoms with E-state index in [4.69, 9.17) is 0 Å². The molecule has 1 heterocycles. The maximum atomic E-state index is 13.4. The molecule has 0 radical (unpaired) electrons. The lowest BCUT2D eigenvalue weighted by atomic mass is 10.00. The van der Waals surface area contributed by atoms with E-state index in [9.17, 15) is 8.78 Å². The lowest BCUT2D eigenvalue weighted by Gasteiger charge is -2.36. The van der Waals surface area contributed by atoms with Crippen LogP contribution in [0.2, 0.25) is 0 Å². The Kier molecular flexibility index (Phi) is 6.83. The minimum atomic E-state index is -0.488. The van der Waals surface area contributed by atoms with Crippen molar-refractivity contribution in [3.05, 3.63) is 35.4 Å². The fraction of sp³-hybridized carbons (Fsp3) is 0.625. The Bertz CT molecular complexity index is 436. The molecular weight excluding hydrogens is 308 g/mol. The predicted octanol–water partition coefficient (Wildman–Crippen LogP) is 4.11. The van der Waals surface area contributed by atoms with Crippen molar-refractivity contribution in [2.45, 2.75) is 43.2 Å². The summed E-state index contributed by atoms with van der Waals surface area (Å²) in [4.78, 5) is 0. The highest BCUT2D eigenvalue weighted by Crippen LogP contribution is 2.36. The molecule has 3 unspecified atom stereocenters. The molecule has 3 atom stereocenters. The topological polar surface area (TPSA) is 12.0 Å². The zero-order chi connectivity index (χ0) is 15.2. The van der Waals surface area contributed by atoms with Gasteiger partial charge in [0.15, 0.2) is 0 Å². The first-order chi connectivity index (χ1) is 10.1. The average molecular weight is 331 g/mol. The fourth-order valence-electron chi connectivity index (χ4n) is 2.86. The van der Waals surface area contributed by atoms with Crippen LogP contribution in [0.25, 0.3) is 0 Å². The number of hydrogen-bond donors (Lipinski definition) is 1. The summed E-state index contributed by atoms with van der Waals surface area (Å²) in [5.41, 5.74) is 0.740. The van der Waals surface area contributed by atoms with E-state index < -0.39 is 11.6 Å². The molecule has 1 aliphatic heterocycles. The molecule has 0 spiro atoms. The van der Waals surface area contributed by atoms with Gasteiger partial charge < -0.3 is 5.32 Å². The number of rotatable bonds is 6. The average Bonchev–Trinajstić information content (AvgIpc) is 2.45. The zero-order valence-electron chi connectivity index (χ0n) is 12.6. The van der Waals surface area contributed by atoms with E-state index in [1.54, 1.807) is 0 Å². The summed E-state index contributed by atoms with van der Waals surface area (Å²) in [5, 5.41) is 4.64. The van der Waals surface area contributed by atoms with Crippen molar-refractivity contribution < 1.29 is 8.78 Å². The van der Waals surface area contributed by atoms with Gasteiger partial charge in [0.1, 0.15) is 11.6 Å². The Morgan fingerprint density at radius 2 is 1.81 bits per heavy atom. The van der Waals surface area contributed by atoms with Gasteiger partial charge in [-0.3, -0.25) is 0 Å². The van der Waals surface area contributed by atoms with E-state index in [2.05, 4.69) is 19.2 Å². The van der Waals surface area contributed by atoms with E-state index in [1.165, 1.54) is 17.9 Å². The molecule has 1 N–H and O–H groups in total. The molecule has 1 nitrogen and oxygen atoms in total. The molecular formula is C16H23F2NS2. The van der Waals surface area contributed by atoms with Gasteiger partial charge >= 0.3 is 0 Å². The molecule has 1 fully saturated rings. The van der Waals surface area contributed by atoms with Gasteiger partial charge in [-0.15, -0.1) is 0 Å². The SMILES string of the molecule is CCNC(Cc1cc(F)cc(F)c1)C1SCCSC1CC. The third kappa shape index (κ3) is 4.86. The van der Waals surface area contributed by atoms with Gasteiger partial charge in [-0.2, -0.15) is 23.5 Å². The van der Waals surface area contributed by atoms with Gasteiger partial charge in [-0.1, -0.05) is 13.8 Å². The van der Waals surface area contributed by atoms with E-state index in [1.807, 2.05) is 23.5 Å². The molecule has 1 aliphatic rings. The third-order valence-corrected chi connectivity index (χ3v) is 7.14. The number of benzene rings is 1. The van der Waals surface area contributed by atoms with Gasteiger partial charge in [0.05, 0.1) is 0 Å². The largest absolute Gasteiger partial charge is 0.313 e. The van der Waals surface area contributed by atoms with Crippen LogP contribution >= 0.6 is 23.5 Å². The van der Waals surface area contributed by atoms with E-state index in [0.29, 0.717) is 16.9 Å². The lowest BCUT2D eigenvalue weighted by molar-refractivity contribution is 0.487. The zero-order valence-corrected chi connectivity index (χ0v) is 14.2. The number of thioether (sulfide) groups is 2. The lowest BCUT2D eigenvalue weighted by Crippen LogP contribution is -2.46. The van der Waals surface area contributed by atoms with Crippen molar-refractivity contribution in [3.63, 3.8) is 0 Å². The van der Waals surface area contributed by atoms with Crippen LogP contribution < -0.4 is 5.32 Å². The molecule has 118 valence electrons. The first kappa shape index (κ1) is 17.1. The Hall–Kier alpha value is -0.260. The summed E-state index contributed by atoms with van der Waals surface area (Å²) >= 11 is 4.03. The second-order valence-corrected chi connectivity index (χ2v) is 7.93. The van der Waals surface area contributed by atoms with Crippen LogP contribution in [0.3, 0.4) is 0 Å². The van der Waals surface area contributed by atoms with Gasteiger partial charge in [0.25, 0.3) is 0 Å². The second kappa shape index (κ2) is 8.39. The molecule has 1 saturated heterocycles. The van der Waals surface area contributed by atoms with Crippen LogP contribution in [0.5, 0.6) is 0 Å². The molecule has 0 saturated carbocycles. The Morgan fingerprint density at radius 3 is 2.43 bits per heavy atom. The van der Waals surface area contributed by atoms with Gasteiger partial charge in [0, 0.05) is 34.1 Å². The molecule has 5 heteroatoms. The number of halogens is 2. The van der Waals surface area contributed by atoms with Crippen molar-refractivity contribution in [2.75, 3.05) is 18.1 Å². The van der Waals surface area contributed by atoms with Crippen LogP contribution in [0.1, 0.15) is 25.8 Å². The summed E-state index contributed by atoms with van der Waals surface area (Å²) in [6.45, 7) is 5.18. The molecule has 0 aromatic heterocycles. The maximum Gasteiger partial charge on any atom is 0.126 e. The minimum absolute atomic E-state index is 0.263. The second-order valence-electron chi connectivity index (χ2n) is 5.30. The van der Waals surface area contributed by atoms with Crippen molar-refractivity contribution in [3.8, 4) is 0 Å². The third-order valence-electron chi connectivity index (χ3n) is 3.74. The van der Waals surface area contributed by atoms with Crippen LogP contribution in [-0.4, -0.2) is 34.6 Å². The van der Waals surface area contributed by atoms with Crippen LogP contribution in [0, 0.1) is 11.6 Å². The molecule has 0 amide bonds. The highest BCUT2D eigenvalue weighted by Gasteiger charge is 2.31. The monoisotopic (exact) mass is 331 g/mol. The highest BCUT2D eigenvalue weighted by atomic mass is 32.2. The number of nitrogens with one attached hydrogen (secondary N) is 1. The number of likely N-dealkylation sites (N-methyl/N-ethyl adjacent to an activating group) is 1. The normalized spacial score (nSPS) is 24.0. The van der Waals surface area contributed by atoms with Crippen molar-refractivity contribution in [1.82, 2.24) is 5.32 Å². The molecule has 21 heavy (non-hydrogen) atoms. The predicted molar refractivity (Wildman–Crippen MR) is 90.3 cm³/mol. The molecule has 0 aliphatic carbocycles. The van der Waals surface area contributed by atoms with Gasteiger partial charge in [-0.25, -0.2) is 8.78 Å². The summed E-state index contributed by atoms with van der Waals surface area (Å²) in [7, 11) is 0. The van der Waals surface area contributed by atoms with Crippen molar-refractivity contribution in [1.29, 1.82) is 0 Å².